The van der Waals surface area contributed by atoms with Crippen molar-refractivity contribution in [1.82, 2.24) is 0 Å². The standard InChI is InChI=1S/C17H19N/c1-13-5-2-3-8-17(13)14-9-11-16(12-10-14)18-15-6-4-7-15/h2-3,5,8-12,15,18H,4,6-7H2,1H3. The first-order valence-corrected chi connectivity index (χ1v) is 6.75. The Kier molecular flexibility index (Phi) is 3.06. The van der Waals surface area contributed by atoms with Gasteiger partial charge >= 0.3 is 0 Å². The Morgan fingerprint density at radius 3 is 2.28 bits per heavy atom. The molecular formula is C17H19N. The maximum Gasteiger partial charge on any atom is 0.0342 e. The molecule has 1 nitrogen and oxygen atoms in total. The number of rotatable bonds is 3. The molecule has 0 unspecified atom stereocenters. The molecule has 1 saturated carbocycles. The lowest BCUT2D eigenvalue weighted by Crippen LogP contribution is -2.26. The number of anilines is 1. The summed E-state index contributed by atoms with van der Waals surface area (Å²) in [4.78, 5) is 0. The molecule has 0 bridgehead atoms. The molecule has 0 amide bonds. The minimum atomic E-state index is 0.703. The van der Waals surface area contributed by atoms with Gasteiger partial charge in [0.2, 0.25) is 0 Å². The summed E-state index contributed by atoms with van der Waals surface area (Å²) in [5.74, 6) is 0. The van der Waals surface area contributed by atoms with E-state index in [1.165, 1.54) is 41.6 Å². The lowest BCUT2D eigenvalue weighted by atomic mass is 9.93. The zero-order valence-electron chi connectivity index (χ0n) is 10.8. The number of hydrogen-bond donors (Lipinski definition) is 1. The summed E-state index contributed by atoms with van der Waals surface area (Å²) in [7, 11) is 0. The Balaban J connectivity index is 1.80. The quantitative estimate of drug-likeness (QED) is 0.821. The van der Waals surface area contributed by atoms with Gasteiger partial charge < -0.3 is 5.32 Å². The molecule has 1 aliphatic rings. The molecule has 2 aromatic rings. The lowest BCUT2D eigenvalue weighted by molar-refractivity contribution is 0.445. The van der Waals surface area contributed by atoms with E-state index in [-0.39, 0.29) is 0 Å². The third-order valence-corrected chi connectivity index (χ3v) is 3.82. The Bertz CT molecular complexity index is 524. The zero-order chi connectivity index (χ0) is 12.4. The van der Waals surface area contributed by atoms with Gasteiger partial charge in [-0.05, 0) is 55.0 Å². The van der Waals surface area contributed by atoms with E-state index < -0.39 is 0 Å². The zero-order valence-corrected chi connectivity index (χ0v) is 10.8. The number of nitrogens with one attached hydrogen (secondary N) is 1. The predicted molar refractivity (Wildman–Crippen MR) is 77.9 cm³/mol. The highest BCUT2D eigenvalue weighted by molar-refractivity contribution is 5.69. The first kappa shape index (κ1) is 11.3. The molecule has 0 heterocycles. The highest BCUT2D eigenvalue weighted by Crippen LogP contribution is 2.27. The molecule has 0 spiro atoms. The van der Waals surface area contributed by atoms with Crippen molar-refractivity contribution in [2.75, 3.05) is 5.32 Å². The molecule has 1 aliphatic carbocycles. The molecule has 1 fully saturated rings. The van der Waals surface area contributed by atoms with Gasteiger partial charge in [0, 0.05) is 11.7 Å². The van der Waals surface area contributed by atoms with E-state index in [9.17, 15) is 0 Å². The van der Waals surface area contributed by atoms with Crippen molar-refractivity contribution in [1.29, 1.82) is 0 Å². The summed E-state index contributed by atoms with van der Waals surface area (Å²) in [6.07, 6.45) is 4.01. The first-order chi connectivity index (χ1) is 8.83. The third kappa shape index (κ3) is 2.26. The second kappa shape index (κ2) is 4.85. The van der Waals surface area contributed by atoms with Crippen molar-refractivity contribution < 1.29 is 0 Å². The van der Waals surface area contributed by atoms with E-state index in [4.69, 9.17) is 0 Å². The lowest BCUT2D eigenvalue weighted by Gasteiger charge is -2.27. The summed E-state index contributed by atoms with van der Waals surface area (Å²) in [5.41, 5.74) is 5.20. The van der Waals surface area contributed by atoms with Crippen LogP contribution < -0.4 is 5.32 Å². The van der Waals surface area contributed by atoms with Gasteiger partial charge in [-0.2, -0.15) is 0 Å². The van der Waals surface area contributed by atoms with Crippen molar-refractivity contribution in [3.63, 3.8) is 0 Å². The summed E-state index contributed by atoms with van der Waals surface area (Å²) in [6, 6.07) is 18.1. The molecule has 0 atom stereocenters. The number of benzene rings is 2. The van der Waals surface area contributed by atoms with E-state index in [0.29, 0.717) is 6.04 Å². The van der Waals surface area contributed by atoms with Crippen LogP contribution in [0.1, 0.15) is 24.8 Å². The largest absolute Gasteiger partial charge is 0.382 e. The maximum absolute atomic E-state index is 3.57. The molecule has 3 rings (SSSR count). The fraction of sp³-hybridized carbons (Fsp3) is 0.294. The molecule has 2 aromatic carbocycles. The molecule has 0 radical (unpaired) electrons. The van der Waals surface area contributed by atoms with Crippen molar-refractivity contribution in [2.45, 2.75) is 32.2 Å². The first-order valence-electron chi connectivity index (χ1n) is 6.75. The molecule has 0 aromatic heterocycles. The van der Waals surface area contributed by atoms with E-state index in [1.54, 1.807) is 0 Å². The van der Waals surface area contributed by atoms with Crippen LogP contribution in [-0.4, -0.2) is 6.04 Å². The maximum atomic E-state index is 3.57. The molecule has 92 valence electrons. The number of aryl methyl sites for hydroxylation is 1. The summed E-state index contributed by atoms with van der Waals surface area (Å²) >= 11 is 0. The normalized spacial score (nSPS) is 15.2. The minimum Gasteiger partial charge on any atom is -0.382 e. The van der Waals surface area contributed by atoms with Gasteiger partial charge in [-0.1, -0.05) is 36.4 Å². The molecule has 0 saturated heterocycles. The Morgan fingerprint density at radius 1 is 0.944 bits per heavy atom. The predicted octanol–water partition coefficient (Wildman–Crippen LogP) is 4.63. The molecular weight excluding hydrogens is 218 g/mol. The fourth-order valence-electron chi connectivity index (χ4n) is 2.43. The van der Waals surface area contributed by atoms with E-state index in [0.717, 1.165) is 0 Å². The highest BCUT2D eigenvalue weighted by atomic mass is 14.9. The average Bonchev–Trinajstić information content (AvgIpc) is 2.35. The second-order valence-corrected chi connectivity index (χ2v) is 5.16. The smallest absolute Gasteiger partial charge is 0.0342 e. The van der Waals surface area contributed by atoms with Gasteiger partial charge in [0.05, 0.1) is 0 Å². The van der Waals surface area contributed by atoms with E-state index >= 15 is 0 Å². The topological polar surface area (TPSA) is 12.0 Å². The molecule has 1 N–H and O–H groups in total. The van der Waals surface area contributed by atoms with Gasteiger partial charge in [0.1, 0.15) is 0 Å². The Morgan fingerprint density at radius 2 is 1.67 bits per heavy atom. The van der Waals surface area contributed by atoms with Crippen LogP contribution in [-0.2, 0) is 0 Å². The van der Waals surface area contributed by atoms with Crippen LogP contribution >= 0.6 is 0 Å². The minimum absolute atomic E-state index is 0.703. The van der Waals surface area contributed by atoms with Crippen LogP contribution in [0.4, 0.5) is 5.69 Å². The van der Waals surface area contributed by atoms with Crippen LogP contribution in [0.5, 0.6) is 0 Å². The van der Waals surface area contributed by atoms with Crippen molar-refractivity contribution in [3.8, 4) is 11.1 Å². The summed E-state index contributed by atoms with van der Waals surface area (Å²) in [6.45, 7) is 2.16. The van der Waals surface area contributed by atoms with Gasteiger partial charge in [-0.25, -0.2) is 0 Å². The van der Waals surface area contributed by atoms with Crippen LogP contribution in [0.25, 0.3) is 11.1 Å². The number of hydrogen-bond acceptors (Lipinski definition) is 1. The molecule has 0 aliphatic heterocycles. The van der Waals surface area contributed by atoms with Crippen molar-refractivity contribution in [3.05, 3.63) is 54.1 Å². The van der Waals surface area contributed by atoms with Crippen LogP contribution in [0, 0.1) is 6.92 Å². The van der Waals surface area contributed by atoms with Gasteiger partial charge in [-0.3, -0.25) is 0 Å². The average molecular weight is 237 g/mol. The van der Waals surface area contributed by atoms with E-state index in [1.807, 2.05) is 0 Å². The summed E-state index contributed by atoms with van der Waals surface area (Å²) < 4.78 is 0. The van der Waals surface area contributed by atoms with Gasteiger partial charge in [0.15, 0.2) is 0 Å². The van der Waals surface area contributed by atoms with Crippen molar-refractivity contribution in [2.24, 2.45) is 0 Å². The second-order valence-electron chi connectivity index (χ2n) is 5.16. The van der Waals surface area contributed by atoms with Crippen LogP contribution in [0.15, 0.2) is 48.5 Å². The fourth-order valence-corrected chi connectivity index (χ4v) is 2.43. The van der Waals surface area contributed by atoms with Crippen molar-refractivity contribution >= 4 is 5.69 Å². The molecule has 18 heavy (non-hydrogen) atoms. The van der Waals surface area contributed by atoms with Crippen LogP contribution in [0.3, 0.4) is 0 Å². The Hall–Kier alpha value is -1.76. The summed E-state index contributed by atoms with van der Waals surface area (Å²) in [5, 5.41) is 3.57. The monoisotopic (exact) mass is 237 g/mol. The SMILES string of the molecule is Cc1ccccc1-c1ccc(NC2CCC2)cc1. The molecule has 1 heteroatoms. The third-order valence-electron chi connectivity index (χ3n) is 3.82. The highest BCUT2D eigenvalue weighted by Gasteiger charge is 2.16. The Labute approximate surface area is 109 Å². The van der Waals surface area contributed by atoms with Crippen LogP contribution in [0.2, 0.25) is 0 Å². The van der Waals surface area contributed by atoms with Gasteiger partial charge in [-0.15, -0.1) is 0 Å². The van der Waals surface area contributed by atoms with Gasteiger partial charge in [0.25, 0.3) is 0 Å². The van der Waals surface area contributed by atoms with E-state index in [2.05, 4.69) is 60.8 Å².